The largest absolute Gasteiger partial charge is 0.507 e. The number of phenols is 1. The minimum atomic E-state index is -0.0923. The standard InChI is InChI=1S/C42H38N4O3S/c1-41(2,3)23-42(4,5)24-18-20-25(21-19-24)49-32-22-30(44-40-43-29-15-9-11-17-33(29)50-40)35-36-34(26-12-6-7-13-27(26)39(35)48)37(45-46-38(32)36)28-14-8-10-16-31(28)47/h7-11,13-22,47H,6,12,23H2,1-5H3,(H,43,44). The lowest BCUT2D eigenvalue weighted by molar-refractivity contribution is 0.103. The Hall–Kier alpha value is -5.34. The number of aromatic nitrogens is 3. The zero-order valence-electron chi connectivity index (χ0n) is 28.8. The van der Waals surface area contributed by atoms with Crippen LogP contribution in [-0.2, 0) is 5.41 Å². The Kier molecular flexibility index (Phi) is 7.60. The third kappa shape index (κ3) is 5.63. The second kappa shape index (κ2) is 11.9. The Balaban J connectivity index is 1.34. The van der Waals surface area contributed by atoms with E-state index in [1.54, 1.807) is 12.1 Å². The number of fused-ring (bicyclic) bond motifs is 2. The first-order valence-corrected chi connectivity index (χ1v) is 17.8. The van der Waals surface area contributed by atoms with Crippen LogP contribution in [0.1, 0.15) is 75.4 Å². The molecule has 2 aliphatic carbocycles. The molecule has 0 saturated carbocycles. The number of ketones is 1. The number of benzene rings is 4. The van der Waals surface area contributed by atoms with Gasteiger partial charge < -0.3 is 15.2 Å². The fraction of sp³-hybridized carbons (Fsp3) is 0.238. The molecule has 0 spiro atoms. The Morgan fingerprint density at radius 2 is 1.68 bits per heavy atom. The van der Waals surface area contributed by atoms with Gasteiger partial charge in [0, 0.05) is 28.2 Å². The molecule has 7 nitrogen and oxygen atoms in total. The number of allylic oxidation sites excluding steroid dienone is 4. The van der Waals surface area contributed by atoms with Gasteiger partial charge in [-0.2, -0.15) is 0 Å². The van der Waals surface area contributed by atoms with Gasteiger partial charge in [-0.3, -0.25) is 4.79 Å². The molecule has 2 heterocycles. The van der Waals surface area contributed by atoms with Gasteiger partial charge in [0.05, 0.1) is 21.5 Å². The first-order chi connectivity index (χ1) is 24.0. The Morgan fingerprint density at radius 1 is 0.920 bits per heavy atom. The summed E-state index contributed by atoms with van der Waals surface area (Å²) in [7, 11) is 0. The van der Waals surface area contributed by atoms with Crippen LogP contribution < -0.4 is 10.1 Å². The highest BCUT2D eigenvalue weighted by molar-refractivity contribution is 7.22. The van der Waals surface area contributed by atoms with Crippen molar-refractivity contribution < 1.29 is 14.6 Å². The molecule has 50 heavy (non-hydrogen) atoms. The number of aromatic hydroxyl groups is 1. The van der Waals surface area contributed by atoms with Crippen LogP contribution >= 0.6 is 11.3 Å². The molecule has 8 heteroatoms. The fourth-order valence-electron chi connectivity index (χ4n) is 7.67. The highest BCUT2D eigenvalue weighted by atomic mass is 32.1. The summed E-state index contributed by atoms with van der Waals surface area (Å²) in [4.78, 5) is 19.4. The lowest BCUT2D eigenvalue weighted by Crippen LogP contribution is -2.24. The second-order valence-corrected chi connectivity index (χ2v) is 16.0. The quantitative estimate of drug-likeness (QED) is 0.173. The molecule has 250 valence electrons. The predicted molar refractivity (Wildman–Crippen MR) is 203 cm³/mol. The highest BCUT2D eigenvalue weighted by Gasteiger charge is 2.35. The molecule has 0 radical (unpaired) electrons. The number of rotatable bonds is 7. The Labute approximate surface area is 295 Å². The topological polar surface area (TPSA) is 97.2 Å². The van der Waals surface area contributed by atoms with Crippen molar-refractivity contribution in [2.75, 3.05) is 5.32 Å². The van der Waals surface area contributed by atoms with Crippen LogP contribution in [0.15, 0.2) is 96.6 Å². The number of hydrogen-bond donors (Lipinski definition) is 2. The molecular formula is C42H38N4O3S. The zero-order valence-corrected chi connectivity index (χ0v) is 29.6. The molecule has 0 saturated heterocycles. The van der Waals surface area contributed by atoms with E-state index >= 15 is 0 Å². The van der Waals surface area contributed by atoms with Gasteiger partial charge in [-0.25, -0.2) is 4.98 Å². The fourth-order valence-corrected chi connectivity index (χ4v) is 8.55. The molecule has 0 fully saturated rings. The summed E-state index contributed by atoms with van der Waals surface area (Å²) < 4.78 is 7.70. The van der Waals surface area contributed by atoms with E-state index in [4.69, 9.17) is 19.9 Å². The molecule has 6 aromatic rings. The van der Waals surface area contributed by atoms with Gasteiger partial charge in [0.25, 0.3) is 0 Å². The minimum Gasteiger partial charge on any atom is -0.507 e. The number of nitrogens with zero attached hydrogens (tertiary/aromatic N) is 3. The molecule has 4 aromatic carbocycles. The summed E-state index contributed by atoms with van der Waals surface area (Å²) in [5.74, 6) is 1.12. The van der Waals surface area contributed by atoms with Gasteiger partial charge in [-0.05, 0) is 77.6 Å². The summed E-state index contributed by atoms with van der Waals surface area (Å²) in [6, 6.07) is 25.2. The summed E-state index contributed by atoms with van der Waals surface area (Å²) in [6.07, 6.45) is 6.44. The predicted octanol–water partition coefficient (Wildman–Crippen LogP) is 11.2. The highest BCUT2D eigenvalue weighted by Crippen LogP contribution is 2.50. The first-order valence-electron chi connectivity index (χ1n) is 17.0. The lowest BCUT2D eigenvalue weighted by atomic mass is 9.72. The smallest absolute Gasteiger partial charge is 0.196 e. The maximum atomic E-state index is 14.5. The van der Waals surface area contributed by atoms with Gasteiger partial charge in [-0.15, -0.1) is 10.2 Å². The summed E-state index contributed by atoms with van der Waals surface area (Å²) in [5, 5.41) is 25.3. The molecule has 0 aliphatic heterocycles. The summed E-state index contributed by atoms with van der Waals surface area (Å²) in [5.41, 5.74) is 7.22. The first kappa shape index (κ1) is 31.9. The average molecular weight is 679 g/mol. The van der Waals surface area contributed by atoms with Crippen molar-refractivity contribution in [2.24, 2.45) is 5.41 Å². The van der Waals surface area contributed by atoms with Crippen molar-refractivity contribution in [3.8, 4) is 28.5 Å². The van der Waals surface area contributed by atoms with Gasteiger partial charge in [0.1, 0.15) is 22.7 Å². The number of carbonyl (C=O) groups is 1. The van der Waals surface area contributed by atoms with Gasteiger partial charge >= 0.3 is 0 Å². The number of Topliss-reactive ketones (excluding diaryl/α,β-unsaturated/α-hetero) is 1. The monoisotopic (exact) mass is 678 g/mol. The van der Waals surface area contributed by atoms with Crippen LogP contribution in [0.5, 0.6) is 17.2 Å². The van der Waals surface area contributed by atoms with Crippen molar-refractivity contribution >= 4 is 54.6 Å². The van der Waals surface area contributed by atoms with E-state index in [2.05, 4.69) is 52.1 Å². The van der Waals surface area contributed by atoms with Crippen LogP contribution in [0, 0.1) is 5.41 Å². The molecule has 8 rings (SSSR count). The van der Waals surface area contributed by atoms with Crippen molar-refractivity contribution in [2.45, 2.75) is 59.3 Å². The normalized spacial score (nSPS) is 14.4. The molecule has 2 aliphatic rings. The third-order valence-electron chi connectivity index (χ3n) is 9.48. The molecule has 0 bridgehead atoms. The minimum absolute atomic E-state index is 0.0174. The van der Waals surface area contributed by atoms with Crippen molar-refractivity contribution in [1.29, 1.82) is 0 Å². The van der Waals surface area contributed by atoms with E-state index in [1.807, 2.05) is 66.7 Å². The number of para-hydroxylation sites is 2. The number of anilines is 2. The van der Waals surface area contributed by atoms with Crippen molar-refractivity contribution in [3.63, 3.8) is 0 Å². The Bertz CT molecular complexity index is 2360. The van der Waals surface area contributed by atoms with Crippen LogP contribution in [0.25, 0.3) is 38.0 Å². The van der Waals surface area contributed by atoms with Crippen LogP contribution in [0.4, 0.5) is 10.8 Å². The summed E-state index contributed by atoms with van der Waals surface area (Å²) >= 11 is 1.52. The maximum absolute atomic E-state index is 14.5. The SMILES string of the molecule is CC(C)(C)CC(C)(C)c1ccc(Oc2cc(Nc3nc4ccccc4s3)c3c4c(c(-c5ccccc5O)nnc24)C2=C(C=CCC2)C3=O)cc1. The van der Waals surface area contributed by atoms with E-state index < -0.39 is 0 Å². The van der Waals surface area contributed by atoms with Gasteiger partial charge in [0.2, 0.25) is 0 Å². The zero-order chi connectivity index (χ0) is 34.8. The number of ether oxygens (including phenoxy) is 1. The number of carbonyl (C=O) groups excluding carboxylic acids is 1. The molecule has 2 N–H and O–H groups in total. The van der Waals surface area contributed by atoms with E-state index in [1.165, 1.54) is 16.9 Å². The van der Waals surface area contributed by atoms with E-state index in [-0.39, 0.29) is 22.4 Å². The molecular weight excluding hydrogens is 641 g/mol. The van der Waals surface area contributed by atoms with E-state index in [0.717, 1.165) is 34.2 Å². The van der Waals surface area contributed by atoms with Crippen molar-refractivity contribution in [1.82, 2.24) is 15.2 Å². The second-order valence-electron chi connectivity index (χ2n) is 15.0. The van der Waals surface area contributed by atoms with Crippen LogP contribution in [0.2, 0.25) is 0 Å². The number of phenolic OH excluding ortho intramolecular Hbond substituents is 1. The van der Waals surface area contributed by atoms with E-state index in [9.17, 15) is 9.90 Å². The Morgan fingerprint density at radius 3 is 2.44 bits per heavy atom. The van der Waals surface area contributed by atoms with Gasteiger partial charge in [0.15, 0.2) is 16.7 Å². The van der Waals surface area contributed by atoms with Crippen molar-refractivity contribution in [3.05, 3.63) is 113 Å². The molecule has 0 unspecified atom stereocenters. The lowest BCUT2D eigenvalue weighted by Gasteiger charge is -2.33. The molecule has 2 aromatic heterocycles. The molecule has 0 amide bonds. The van der Waals surface area contributed by atoms with E-state index in [0.29, 0.717) is 62.0 Å². The third-order valence-corrected chi connectivity index (χ3v) is 10.4. The molecule has 0 atom stereocenters. The number of thiazole rings is 1. The van der Waals surface area contributed by atoms with Crippen LogP contribution in [0.3, 0.4) is 0 Å². The average Bonchev–Trinajstić information content (AvgIpc) is 3.49. The summed E-state index contributed by atoms with van der Waals surface area (Å²) in [6.45, 7) is 11.4. The maximum Gasteiger partial charge on any atom is 0.196 e. The van der Waals surface area contributed by atoms with Crippen LogP contribution in [-0.4, -0.2) is 26.1 Å². The van der Waals surface area contributed by atoms with Gasteiger partial charge in [-0.1, -0.05) is 94.5 Å². The number of nitrogens with one attached hydrogen (secondary N) is 1. The number of hydrogen-bond acceptors (Lipinski definition) is 8.